The fraction of sp³-hybridized carbons (Fsp3) is 0.211. The standard InChI is InChI=1S/C19H18N4S2/c1-13-8-11-25-18(13)17-16(15-7-3-5-10-21-15)22-19(24)23(17)12-14-6-2-4-9-20-14/h2-11,16-17H,12H2,1H3,(H,22,24)/t16-,17+/m0/s1. The molecule has 3 aromatic rings. The molecule has 0 radical (unpaired) electrons. The highest BCUT2D eigenvalue weighted by Gasteiger charge is 2.41. The lowest BCUT2D eigenvalue weighted by Crippen LogP contribution is -2.29. The second-order valence-electron chi connectivity index (χ2n) is 6.04. The lowest BCUT2D eigenvalue weighted by atomic mass is 10.0. The molecule has 0 saturated carbocycles. The minimum atomic E-state index is 0.0368. The summed E-state index contributed by atoms with van der Waals surface area (Å²) in [5, 5.41) is 6.37. The zero-order valence-electron chi connectivity index (χ0n) is 13.8. The van der Waals surface area contributed by atoms with Gasteiger partial charge in [-0.2, -0.15) is 0 Å². The van der Waals surface area contributed by atoms with Gasteiger partial charge in [-0.25, -0.2) is 0 Å². The van der Waals surface area contributed by atoms with Crippen molar-refractivity contribution in [3.05, 3.63) is 82.1 Å². The van der Waals surface area contributed by atoms with E-state index in [2.05, 4.69) is 44.6 Å². The zero-order chi connectivity index (χ0) is 17.2. The van der Waals surface area contributed by atoms with E-state index >= 15 is 0 Å². The lowest BCUT2D eigenvalue weighted by molar-refractivity contribution is 0.312. The molecule has 6 heteroatoms. The molecule has 1 aliphatic heterocycles. The number of aryl methyl sites for hydroxylation is 1. The minimum Gasteiger partial charge on any atom is -0.352 e. The maximum Gasteiger partial charge on any atom is 0.170 e. The maximum absolute atomic E-state index is 5.67. The van der Waals surface area contributed by atoms with Gasteiger partial charge in [0.15, 0.2) is 5.11 Å². The van der Waals surface area contributed by atoms with Crippen molar-refractivity contribution in [2.75, 3.05) is 0 Å². The number of thiophene rings is 1. The van der Waals surface area contributed by atoms with Crippen LogP contribution in [0.2, 0.25) is 0 Å². The molecule has 1 N–H and O–H groups in total. The number of aromatic nitrogens is 2. The molecule has 126 valence electrons. The Morgan fingerprint density at radius 3 is 2.56 bits per heavy atom. The number of hydrogen-bond acceptors (Lipinski definition) is 4. The van der Waals surface area contributed by atoms with E-state index in [9.17, 15) is 0 Å². The molecule has 0 aromatic carbocycles. The van der Waals surface area contributed by atoms with Crippen molar-refractivity contribution in [2.24, 2.45) is 0 Å². The lowest BCUT2D eigenvalue weighted by Gasteiger charge is -2.27. The SMILES string of the molecule is Cc1ccsc1[C@H]1[C@H](c2ccccn2)NC(=S)N1Cc1ccccn1. The zero-order valence-corrected chi connectivity index (χ0v) is 15.4. The highest BCUT2D eigenvalue weighted by Crippen LogP contribution is 2.42. The van der Waals surface area contributed by atoms with Crippen LogP contribution in [0.3, 0.4) is 0 Å². The largest absolute Gasteiger partial charge is 0.352 e. The Hall–Kier alpha value is -2.31. The molecule has 4 heterocycles. The predicted molar refractivity (Wildman–Crippen MR) is 104 cm³/mol. The molecule has 0 bridgehead atoms. The van der Waals surface area contributed by atoms with Crippen LogP contribution in [-0.4, -0.2) is 20.0 Å². The molecule has 2 atom stereocenters. The Balaban J connectivity index is 1.74. The van der Waals surface area contributed by atoms with Crippen LogP contribution in [0.1, 0.15) is 33.9 Å². The average Bonchev–Trinajstić information content (AvgIpc) is 3.20. The van der Waals surface area contributed by atoms with Gasteiger partial charge in [0.05, 0.1) is 30.0 Å². The normalized spacial score (nSPS) is 19.9. The van der Waals surface area contributed by atoms with Gasteiger partial charge in [-0.3, -0.25) is 9.97 Å². The third-order valence-electron chi connectivity index (χ3n) is 4.43. The molecule has 1 saturated heterocycles. The molecule has 25 heavy (non-hydrogen) atoms. The Labute approximate surface area is 156 Å². The summed E-state index contributed by atoms with van der Waals surface area (Å²) >= 11 is 7.45. The summed E-state index contributed by atoms with van der Waals surface area (Å²) in [4.78, 5) is 12.6. The van der Waals surface area contributed by atoms with E-state index in [0.717, 1.165) is 16.5 Å². The molecule has 1 fully saturated rings. The van der Waals surface area contributed by atoms with E-state index in [1.807, 2.05) is 42.7 Å². The van der Waals surface area contributed by atoms with Crippen molar-refractivity contribution in [1.29, 1.82) is 0 Å². The van der Waals surface area contributed by atoms with Crippen LogP contribution in [0.4, 0.5) is 0 Å². The molecular formula is C19H18N4S2. The number of thiocarbonyl (C=S) groups is 1. The summed E-state index contributed by atoms with van der Waals surface area (Å²) < 4.78 is 0. The molecule has 0 aliphatic carbocycles. The number of pyridine rings is 2. The Kier molecular flexibility index (Phi) is 4.46. The van der Waals surface area contributed by atoms with Gasteiger partial charge >= 0.3 is 0 Å². The summed E-state index contributed by atoms with van der Waals surface area (Å²) in [6.07, 6.45) is 3.66. The van der Waals surface area contributed by atoms with Crippen molar-refractivity contribution < 1.29 is 0 Å². The van der Waals surface area contributed by atoms with Crippen LogP contribution in [0.25, 0.3) is 0 Å². The summed E-state index contributed by atoms with van der Waals surface area (Å²) in [5.41, 5.74) is 3.30. The second kappa shape index (κ2) is 6.90. The maximum atomic E-state index is 5.67. The van der Waals surface area contributed by atoms with E-state index in [1.54, 1.807) is 11.3 Å². The smallest absolute Gasteiger partial charge is 0.170 e. The summed E-state index contributed by atoms with van der Waals surface area (Å²) in [6.45, 7) is 2.83. The topological polar surface area (TPSA) is 41.1 Å². The number of rotatable bonds is 4. The van der Waals surface area contributed by atoms with Gasteiger partial charge in [0.1, 0.15) is 0 Å². The third kappa shape index (κ3) is 3.15. The predicted octanol–water partition coefficient (Wildman–Crippen LogP) is 4.02. The Bertz CT molecular complexity index is 863. The highest BCUT2D eigenvalue weighted by atomic mass is 32.1. The molecule has 4 rings (SSSR count). The van der Waals surface area contributed by atoms with E-state index in [1.165, 1.54) is 10.4 Å². The average molecular weight is 367 g/mol. The van der Waals surface area contributed by atoms with Crippen molar-refractivity contribution >= 4 is 28.7 Å². The van der Waals surface area contributed by atoms with Crippen molar-refractivity contribution in [3.8, 4) is 0 Å². The van der Waals surface area contributed by atoms with Gasteiger partial charge in [0.2, 0.25) is 0 Å². The molecule has 3 aromatic heterocycles. The fourth-order valence-electron chi connectivity index (χ4n) is 3.21. The first-order valence-electron chi connectivity index (χ1n) is 8.16. The summed E-state index contributed by atoms with van der Waals surface area (Å²) in [7, 11) is 0. The first-order chi connectivity index (χ1) is 12.2. The first kappa shape index (κ1) is 16.2. The molecule has 1 aliphatic rings. The quantitative estimate of drug-likeness (QED) is 0.706. The summed E-state index contributed by atoms with van der Waals surface area (Å²) in [5.74, 6) is 0. The molecule has 0 spiro atoms. The number of hydrogen-bond donors (Lipinski definition) is 1. The van der Waals surface area contributed by atoms with Crippen molar-refractivity contribution in [2.45, 2.75) is 25.6 Å². The monoisotopic (exact) mass is 366 g/mol. The van der Waals surface area contributed by atoms with Gasteiger partial charge in [-0.15, -0.1) is 11.3 Å². The first-order valence-corrected chi connectivity index (χ1v) is 9.45. The van der Waals surface area contributed by atoms with Gasteiger partial charge in [-0.1, -0.05) is 12.1 Å². The van der Waals surface area contributed by atoms with Crippen molar-refractivity contribution in [3.63, 3.8) is 0 Å². The van der Waals surface area contributed by atoms with E-state index < -0.39 is 0 Å². The van der Waals surface area contributed by atoms with Crippen LogP contribution in [0.5, 0.6) is 0 Å². The molecular weight excluding hydrogens is 348 g/mol. The number of nitrogens with zero attached hydrogens (tertiary/aromatic N) is 3. The summed E-state index contributed by atoms with van der Waals surface area (Å²) in [6, 6.07) is 14.3. The van der Waals surface area contributed by atoms with Gasteiger partial charge < -0.3 is 10.2 Å². The molecule has 0 amide bonds. The van der Waals surface area contributed by atoms with E-state index in [-0.39, 0.29) is 12.1 Å². The van der Waals surface area contributed by atoms with E-state index in [4.69, 9.17) is 12.2 Å². The minimum absolute atomic E-state index is 0.0368. The van der Waals surface area contributed by atoms with E-state index in [0.29, 0.717) is 6.54 Å². The van der Waals surface area contributed by atoms with Crippen LogP contribution in [0, 0.1) is 6.92 Å². The van der Waals surface area contributed by atoms with Gasteiger partial charge in [0, 0.05) is 17.3 Å². The third-order valence-corrected chi connectivity index (χ3v) is 5.87. The van der Waals surface area contributed by atoms with Crippen LogP contribution in [-0.2, 0) is 6.54 Å². The Morgan fingerprint density at radius 2 is 1.92 bits per heavy atom. The van der Waals surface area contributed by atoms with Gasteiger partial charge in [-0.05, 0) is 60.4 Å². The number of nitrogens with one attached hydrogen (secondary N) is 1. The Morgan fingerprint density at radius 1 is 1.12 bits per heavy atom. The van der Waals surface area contributed by atoms with Crippen molar-refractivity contribution in [1.82, 2.24) is 20.2 Å². The fourth-order valence-corrected chi connectivity index (χ4v) is 4.59. The highest BCUT2D eigenvalue weighted by molar-refractivity contribution is 7.80. The van der Waals surface area contributed by atoms with Crippen LogP contribution < -0.4 is 5.32 Å². The second-order valence-corrected chi connectivity index (χ2v) is 7.38. The van der Waals surface area contributed by atoms with Crippen LogP contribution >= 0.6 is 23.6 Å². The van der Waals surface area contributed by atoms with Gasteiger partial charge in [0.25, 0.3) is 0 Å². The molecule has 0 unspecified atom stereocenters. The van der Waals surface area contributed by atoms with Crippen LogP contribution in [0.15, 0.2) is 60.2 Å². The molecule has 4 nitrogen and oxygen atoms in total.